The van der Waals surface area contributed by atoms with Crippen molar-refractivity contribution in [1.29, 1.82) is 0 Å². The maximum Gasteiger partial charge on any atom is 0.243 e. The normalized spacial score (nSPS) is 17.5. The van der Waals surface area contributed by atoms with Crippen molar-refractivity contribution in [3.8, 4) is 0 Å². The van der Waals surface area contributed by atoms with Gasteiger partial charge in [-0.1, -0.05) is 116 Å². The molecule has 0 bridgehead atoms. The highest BCUT2D eigenvalue weighted by atomic mass is 16.7. The number of aliphatic hydroxyl groups is 1. The summed E-state index contributed by atoms with van der Waals surface area (Å²) in [6.07, 6.45) is 2.49. The highest BCUT2D eigenvalue weighted by molar-refractivity contribution is 5.76. The molecule has 0 aliphatic carbocycles. The lowest BCUT2D eigenvalue weighted by atomic mass is 9.99. The summed E-state index contributed by atoms with van der Waals surface area (Å²) in [5, 5.41) is 21.1. The van der Waals surface area contributed by atoms with E-state index < -0.39 is 12.2 Å². The number of hydroxylamine groups is 1. The molecular formula is C40H47N3O6. The number of hydrogen-bond donors (Lipinski definition) is 4. The van der Waals surface area contributed by atoms with Crippen molar-refractivity contribution in [1.82, 2.24) is 15.7 Å². The van der Waals surface area contributed by atoms with Gasteiger partial charge in [0.15, 0.2) is 6.29 Å². The molecule has 0 spiro atoms. The van der Waals surface area contributed by atoms with Crippen LogP contribution in [0.3, 0.4) is 0 Å². The number of rotatable bonds is 17. The zero-order valence-electron chi connectivity index (χ0n) is 27.9. The summed E-state index contributed by atoms with van der Waals surface area (Å²) in [5.41, 5.74) is 7.89. The van der Waals surface area contributed by atoms with Gasteiger partial charge in [-0.05, 0) is 40.7 Å². The fraction of sp³-hybridized carbons (Fsp3) is 0.350. The van der Waals surface area contributed by atoms with Gasteiger partial charge < -0.3 is 19.9 Å². The third-order valence-electron chi connectivity index (χ3n) is 8.75. The van der Waals surface area contributed by atoms with E-state index >= 15 is 0 Å². The number of unbranched alkanes of at least 4 members (excludes halogenated alkanes) is 2. The predicted molar refractivity (Wildman–Crippen MR) is 187 cm³/mol. The molecular weight excluding hydrogens is 618 g/mol. The van der Waals surface area contributed by atoms with Gasteiger partial charge >= 0.3 is 0 Å². The van der Waals surface area contributed by atoms with Gasteiger partial charge in [-0.15, -0.1) is 0 Å². The molecule has 2 amide bonds. The Labute approximate surface area is 288 Å². The molecule has 1 aliphatic heterocycles. The highest BCUT2D eigenvalue weighted by Gasteiger charge is 2.33. The fourth-order valence-corrected chi connectivity index (χ4v) is 6.07. The quantitative estimate of drug-likeness (QED) is 0.0578. The van der Waals surface area contributed by atoms with Crippen molar-refractivity contribution < 1.29 is 29.4 Å². The van der Waals surface area contributed by atoms with Crippen LogP contribution < -0.4 is 10.8 Å². The largest absolute Gasteiger partial charge is 0.392 e. The first-order valence-corrected chi connectivity index (χ1v) is 17.1. The van der Waals surface area contributed by atoms with Crippen LogP contribution in [0.5, 0.6) is 0 Å². The molecule has 1 fully saturated rings. The van der Waals surface area contributed by atoms with Crippen LogP contribution in [0.2, 0.25) is 0 Å². The summed E-state index contributed by atoms with van der Waals surface area (Å²) in [5.74, 6) is -0.448. The average Bonchev–Trinajstić information content (AvgIpc) is 3.14. The molecule has 4 aromatic rings. The number of aliphatic hydroxyl groups excluding tert-OH is 1. The SMILES string of the molecule is O=C(CCCCCC(=O)NCc1ccc([C@H]2O[C@@H](CN(Cc3ccccc3)Cc3ccccc3)C[C@@H](c3ccc(CO)cc3)O2)cc1)NO. The summed E-state index contributed by atoms with van der Waals surface area (Å²) in [4.78, 5) is 25.9. The van der Waals surface area contributed by atoms with Crippen molar-refractivity contribution in [2.75, 3.05) is 6.54 Å². The van der Waals surface area contributed by atoms with E-state index in [-0.39, 0.29) is 31.1 Å². The van der Waals surface area contributed by atoms with E-state index in [1.807, 2.05) is 60.7 Å². The Hall–Kier alpha value is -4.38. The van der Waals surface area contributed by atoms with E-state index in [0.717, 1.165) is 41.8 Å². The standard InChI is InChI=1S/C40H47N3O6/c44-29-33-18-20-34(21-19-33)37-24-36(28-43(26-31-10-4-1-5-11-31)27-32-12-6-2-7-13-32)48-40(49-37)35-22-16-30(17-23-35)25-41-38(45)14-8-3-9-15-39(46)42-47/h1-2,4-7,10-13,16-23,36-37,40,44,47H,3,8-9,14-15,24-29H2,(H,41,45)(H,42,46)/t36-,37+,40+/m1/s1. The van der Waals surface area contributed by atoms with Crippen LogP contribution >= 0.6 is 0 Å². The van der Waals surface area contributed by atoms with Gasteiger partial charge in [-0.25, -0.2) is 5.48 Å². The van der Waals surface area contributed by atoms with Crippen LogP contribution in [0.4, 0.5) is 0 Å². The van der Waals surface area contributed by atoms with Crippen LogP contribution in [-0.2, 0) is 45.3 Å². The first-order chi connectivity index (χ1) is 24.0. The number of carbonyl (C=O) groups excluding carboxylic acids is 2. The van der Waals surface area contributed by atoms with Gasteiger partial charge in [0.1, 0.15) is 0 Å². The van der Waals surface area contributed by atoms with E-state index in [2.05, 4.69) is 58.7 Å². The lowest BCUT2D eigenvalue weighted by molar-refractivity contribution is -0.253. The van der Waals surface area contributed by atoms with Crippen LogP contribution in [0.1, 0.15) is 84.3 Å². The van der Waals surface area contributed by atoms with E-state index in [1.54, 1.807) is 5.48 Å². The molecule has 1 heterocycles. The van der Waals surface area contributed by atoms with Gasteiger partial charge in [-0.3, -0.25) is 19.7 Å². The van der Waals surface area contributed by atoms with Gasteiger partial charge in [0, 0.05) is 51.0 Å². The minimum atomic E-state index is -0.576. The zero-order chi connectivity index (χ0) is 34.3. The summed E-state index contributed by atoms with van der Waals surface area (Å²) in [6.45, 7) is 2.70. The Morgan fingerprint density at radius 3 is 1.84 bits per heavy atom. The number of hydrogen-bond acceptors (Lipinski definition) is 7. The number of nitrogens with one attached hydrogen (secondary N) is 2. The molecule has 0 radical (unpaired) electrons. The van der Waals surface area contributed by atoms with E-state index in [9.17, 15) is 14.7 Å². The van der Waals surface area contributed by atoms with Crippen LogP contribution in [0, 0.1) is 0 Å². The van der Waals surface area contributed by atoms with Gasteiger partial charge in [-0.2, -0.15) is 0 Å². The summed E-state index contributed by atoms with van der Waals surface area (Å²) in [7, 11) is 0. The molecule has 4 N–H and O–H groups in total. The number of nitrogens with zero attached hydrogens (tertiary/aromatic N) is 1. The molecule has 0 aromatic heterocycles. The lowest BCUT2D eigenvalue weighted by Crippen LogP contribution is -2.39. The molecule has 5 rings (SSSR count). The molecule has 0 unspecified atom stereocenters. The molecule has 4 aromatic carbocycles. The van der Waals surface area contributed by atoms with Gasteiger partial charge in [0.25, 0.3) is 0 Å². The third-order valence-corrected chi connectivity index (χ3v) is 8.75. The van der Waals surface area contributed by atoms with Crippen molar-refractivity contribution in [2.45, 2.75) is 83.3 Å². The second-order valence-corrected chi connectivity index (χ2v) is 12.6. The van der Waals surface area contributed by atoms with Crippen molar-refractivity contribution in [3.05, 3.63) is 143 Å². The maximum atomic E-state index is 12.4. The van der Waals surface area contributed by atoms with Crippen molar-refractivity contribution in [2.24, 2.45) is 0 Å². The lowest BCUT2D eigenvalue weighted by Gasteiger charge is -2.38. The molecule has 258 valence electrons. The van der Waals surface area contributed by atoms with Crippen LogP contribution in [0.15, 0.2) is 109 Å². The summed E-state index contributed by atoms with van der Waals surface area (Å²) < 4.78 is 13.3. The minimum Gasteiger partial charge on any atom is -0.392 e. The second-order valence-electron chi connectivity index (χ2n) is 12.6. The topological polar surface area (TPSA) is 120 Å². The second kappa shape index (κ2) is 19.0. The van der Waals surface area contributed by atoms with Crippen molar-refractivity contribution in [3.63, 3.8) is 0 Å². The van der Waals surface area contributed by atoms with Gasteiger partial charge in [0.2, 0.25) is 11.8 Å². The zero-order valence-corrected chi connectivity index (χ0v) is 27.9. The molecule has 1 saturated heterocycles. The molecule has 1 aliphatic rings. The fourth-order valence-electron chi connectivity index (χ4n) is 6.07. The Bertz CT molecular complexity index is 1530. The Balaban J connectivity index is 1.25. The monoisotopic (exact) mass is 665 g/mol. The van der Waals surface area contributed by atoms with Crippen molar-refractivity contribution >= 4 is 11.8 Å². The van der Waals surface area contributed by atoms with Gasteiger partial charge in [0.05, 0.1) is 18.8 Å². The summed E-state index contributed by atoms with van der Waals surface area (Å²) >= 11 is 0. The first kappa shape index (κ1) is 35.9. The predicted octanol–water partition coefficient (Wildman–Crippen LogP) is 6.50. The number of ether oxygens (including phenoxy) is 2. The Kier molecular flexibility index (Phi) is 13.9. The first-order valence-electron chi connectivity index (χ1n) is 17.1. The highest BCUT2D eigenvalue weighted by Crippen LogP contribution is 2.38. The maximum absolute atomic E-state index is 12.4. The summed E-state index contributed by atoms with van der Waals surface area (Å²) in [6, 6.07) is 36.9. The number of amides is 2. The Morgan fingerprint density at radius 1 is 0.673 bits per heavy atom. The molecule has 9 nitrogen and oxygen atoms in total. The average molecular weight is 666 g/mol. The Morgan fingerprint density at radius 2 is 1.24 bits per heavy atom. The minimum absolute atomic E-state index is 0.00753. The van der Waals surface area contributed by atoms with Crippen LogP contribution in [-0.4, -0.2) is 39.7 Å². The molecule has 0 saturated carbocycles. The number of benzene rings is 4. The van der Waals surface area contributed by atoms with E-state index in [4.69, 9.17) is 14.7 Å². The smallest absolute Gasteiger partial charge is 0.243 e. The van der Waals surface area contributed by atoms with E-state index in [1.165, 1.54) is 11.1 Å². The van der Waals surface area contributed by atoms with Crippen LogP contribution in [0.25, 0.3) is 0 Å². The third kappa shape index (κ3) is 11.6. The molecule has 3 atom stereocenters. The van der Waals surface area contributed by atoms with E-state index in [0.29, 0.717) is 38.8 Å². The molecule has 49 heavy (non-hydrogen) atoms. The number of carbonyl (C=O) groups is 2. The molecule has 9 heteroatoms.